The van der Waals surface area contributed by atoms with Crippen LogP contribution in [0.5, 0.6) is 5.75 Å². The number of nitrogens with one attached hydrogen (secondary N) is 1. The molecule has 3 aromatic rings. The van der Waals surface area contributed by atoms with Crippen LogP contribution in [0.15, 0.2) is 77.0 Å². The Balaban J connectivity index is 1.71. The average molecular weight is 419 g/mol. The van der Waals surface area contributed by atoms with E-state index in [-0.39, 0.29) is 18.0 Å². The van der Waals surface area contributed by atoms with E-state index >= 15 is 0 Å². The van der Waals surface area contributed by atoms with Crippen LogP contribution >= 0.6 is 11.3 Å². The van der Waals surface area contributed by atoms with Gasteiger partial charge < -0.3 is 10.1 Å². The van der Waals surface area contributed by atoms with Gasteiger partial charge in [0.1, 0.15) is 16.8 Å². The lowest BCUT2D eigenvalue weighted by molar-refractivity contribution is -0.123. The molecule has 3 rings (SSSR count). The van der Waals surface area contributed by atoms with Gasteiger partial charge in [-0.15, -0.1) is 11.3 Å². The van der Waals surface area contributed by atoms with Crippen molar-refractivity contribution in [2.24, 2.45) is 0 Å². The molecule has 28 heavy (non-hydrogen) atoms. The molecule has 5 nitrogen and oxygen atoms in total. The molecule has 1 heterocycles. The third-order valence-electron chi connectivity index (χ3n) is 3.98. The Bertz CT molecular complexity index is 1000. The van der Waals surface area contributed by atoms with Gasteiger partial charge in [0.2, 0.25) is 0 Å². The molecular formula is C20H18FNO4S2. The molecule has 0 radical (unpaired) electrons. The normalized spacial score (nSPS) is 12.3. The van der Waals surface area contributed by atoms with Crippen LogP contribution in [0.2, 0.25) is 0 Å². The largest absolute Gasteiger partial charge is 0.484 e. The highest BCUT2D eigenvalue weighted by molar-refractivity contribution is 7.91. The maximum atomic E-state index is 13.2. The van der Waals surface area contributed by atoms with Crippen LogP contribution in [0.1, 0.15) is 10.1 Å². The third kappa shape index (κ3) is 4.96. The zero-order valence-corrected chi connectivity index (χ0v) is 16.4. The second-order valence-corrected chi connectivity index (χ2v) is 9.02. The molecule has 0 saturated carbocycles. The van der Waals surface area contributed by atoms with Crippen LogP contribution in [0.25, 0.3) is 0 Å². The molecule has 0 unspecified atom stereocenters. The lowest BCUT2D eigenvalue weighted by Crippen LogP contribution is -2.34. The van der Waals surface area contributed by atoms with Gasteiger partial charge in [0.05, 0.1) is 4.90 Å². The van der Waals surface area contributed by atoms with E-state index in [1.165, 1.54) is 23.5 Å². The van der Waals surface area contributed by atoms with Crippen LogP contribution in [-0.4, -0.2) is 27.5 Å². The fourth-order valence-corrected chi connectivity index (χ4v) is 5.33. The number of para-hydroxylation sites is 1. The Morgan fingerprint density at radius 3 is 2.39 bits per heavy atom. The first-order valence-electron chi connectivity index (χ1n) is 8.44. The van der Waals surface area contributed by atoms with Crippen molar-refractivity contribution in [1.82, 2.24) is 5.32 Å². The fourth-order valence-electron chi connectivity index (χ4n) is 2.55. The number of carbonyl (C=O) groups excluding carboxylic acids is 1. The predicted molar refractivity (Wildman–Crippen MR) is 106 cm³/mol. The van der Waals surface area contributed by atoms with E-state index in [0.717, 1.165) is 12.1 Å². The molecule has 0 spiro atoms. The number of hydrogen-bond donors (Lipinski definition) is 1. The highest BCUT2D eigenvalue weighted by Crippen LogP contribution is 2.31. The van der Waals surface area contributed by atoms with Crippen molar-refractivity contribution in [2.75, 3.05) is 13.2 Å². The fraction of sp³-hybridized carbons (Fsp3) is 0.150. The molecule has 2 aromatic carbocycles. The summed E-state index contributed by atoms with van der Waals surface area (Å²) < 4.78 is 44.6. The summed E-state index contributed by atoms with van der Waals surface area (Å²) in [6.45, 7) is -0.338. The molecule has 146 valence electrons. The van der Waals surface area contributed by atoms with Crippen LogP contribution in [-0.2, 0) is 14.6 Å². The van der Waals surface area contributed by atoms with E-state index < -0.39 is 26.8 Å². The summed E-state index contributed by atoms with van der Waals surface area (Å²) in [6, 6.07) is 17.0. The minimum absolute atomic E-state index is 0.00193. The second-order valence-electron chi connectivity index (χ2n) is 5.91. The van der Waals surface area contributed by atoms with Crippen molar-refractivity contribution < 1.29 is 22.3 Å². The molecule has 1 amide bonds. The Kier molecular flexibility index (Phi) is 6.43. The van der Waals surface area contributed by atoms with Crippen LogP contribution < -0.4 is 10.1 Å². The zero-order chi connectivity index (χ0) is 20.0. The van der Waals surface area contributed by atoms with Gasteiger partial charge in [-0.3, -0.25) is 4.79 Å². The van der Waals surface area contributed by atoms with Gasteiger partial charge in [-0.2, -0.15) is 0 Å². The zero-order valence-electron chi connectivity index (χ0n) is 14.7. The highest BCUT2D eigenvalue weighted by atomic mass is 32.2. The lowest BCUT2D eigenvalue weighted by atomic mass is 10.3. The van der Waals surface area contributed by atoms with Gasteiger partial charge in [0.15, 0.2) is 16.4 Å². The minimum Gasteiger partial charge on any atom is -0.484 e. The predicted octanol–water partition coefficient (Wildman–Crippen LogP) is 3.60. The van der Waals surface area contributed by atoms with Crippen molar-refractivity contribution in [2.45, 2.75) is 10.1 Å². The standard InChI is InChI=1S/C20H18FNO4S2/c21-15-8-10-17(11-9-15)28(24,25)19(18-7-4-12-27-18)13-22-20(23)14-26-16-5-2-1-3-6-16/h1-12,19H,13-14H2,(H,22,23)/t19-/m1/s1. The number of carbonyl (C=O) groups is 1. The van der Waals surface area contributed by atoms with E-state index in [9.17, 15) is 17.6 Å². The monoisotopic (exact) mass is 419 g/mol. The average Bonchev–Trinajstić information content (AvgIpc) is 3.22. The van der Waals surface area contributed by atoms with Gasteiger partial charge in [-0.25, -0.2) is 12.8 Å². The molecule has 0 aliphatic carbocycles. The molecular weight excluding hydrogens is 401 g/mol. The number of halogens is 1. The Labute approximate surface area is 166 Å². The van der Waals surface area contributed by atoms with Gasteiger partial charge in [-0.05, 0) is 47.8 Å². The van der Waals surface area contributed by atoms with Gasteiger partial charge in [0.25, 0.3) is 5.91 Å². The first-order valence-corrected chi connectivity index (χ1v) is 10.9. The summed E-state index contributed by atoms with van der Waals surface area (Å²) in [5, 5.41) is 3.41. The summed E-state index contributed by atoms with van der Waals surface area (Å²) >= 11 is 1.28. The van der Waals surface area contributed by atoms with Crippen molar-refractivity contribution >= 4 is 27.1 Å². The van der Waals surface area contributed by atoms with E-state index in [0.29, 0.717) is 10.6 Å². The molecule has 0 saturated heterocycles. The smallest absolute Gasteiger partial charge is 0.257 e. The molecule has 0 aliphatic heterocycles. The topological polar surface area (TPSA) is 72.5 Å². The van der Waals surface area contributed by atoms with Crippen molar-refractivity contribution in [3.63, 3.8) is 0 Å². The van der Waals surface area contributed by atoms with E-state index in [4.69, 9.17) is 4.74 Å². The van der Waals surface area contributed by atoms with E-state index in [2.05, 4.69) is 5.32 Å². The third-order valence-corrected chi connectivity index (χ3v) is 7.21. The molecule has 1 aromatic heterocycles. The molecule has 1 N–H and O–H groups in total. The number of thiophene rings is 1. The highest BCUT2D eigenvalue weighted by Gasteiger charge is 2.30. The minimum atomic E-state index is -3.82. The summed E-state index contributed by atoms with van der Waals surface area (Å²) in [5.41, 5.74) is 0. The number of amides is 1. The number of benzene rings is 2. The maximum absolute atomic E-state index is 13.2. The Hall–Kier alpha value is -2.71. The number of sulfone groups is 1. The SMILES string of the molecule is O=C(COc1ccccc1)NC[C@H](c1cccs1)S(=O)(=O)c1ccc(F)cc1. The van der Waals surface area contributed by atoms with Crippen molar-refractivity contribution in [1.29, 1.82) is 0 Å². The quantitative estimate of drug-likeness (QED) is 0.567. The van der Waals surface area contributed by atoms with Crippen LogP contribution in [0.3, 0.4) is 0 Å². The molecule has 0 bridgehead atoms. The van der Waals surface area contributed by atoms with Crippen LogP contribution in [0.4, 0.5) is 4.39 Å². The lowest BCUT2D eigenvalue weighted by Gasteiger charge is -2.17. The molecule has 1 atom stereocenters. The summed E-state index contributed by atoms with van der Waals surface area (Å²) in [7, 11) is -3.82. The summed E-state index contributed by atoms with van der Waals surface area (Å²) in [4.78, 5) is 12.7. The Morgan fingerprint density at radius 2 is 1.75 bits per heavy atom. The first-order chi connectivity index (χ1) is 13.5. The number of hydrogen-bond acceptors (Lipinski definition) is 5. The molecule has 0 aliphatic rings. The van der Waals surface area contributed by atoms with Gasteiger partial charge in [-0.1, -0.05) is 24.3 Å². The first kappa shape index (κ1) is 20.0. The molecule has 8 heteroatoms. The Morgan fingerprint density at radius 1 is 1.04 bits per heavy atom. The molecule has 0 fully saturated rings. The van der Waals surface area contributed by atoms with Crippen molar-refractivity contribution in [3.05, 3.63) is 82.8 Å². The summed E-state index contributed by atoms with van der Waals surface area (Å²) in [5.74, 6) is -0.399. The number of ether oxygens (including phenoxy) is 1. The maximum Gasteiger partial charge on any atom is 0.257 e. The van der Waals surface area contributed by atoms with Crippen LogP contribution in [0, 0.1) is 5.82 Å². The number of rotatable bonds is 8. The second kappa shape index (κ2) is 8.99. The van der Waals surface area contributed by atoms with E-state index in [1.54, 1.807) is 41.8 Å². The van der Waals surface area contributed by atoms with E-state index in [1.807, 2.05) is 6.07 Å². The summed E-state index contributed by atoms with van der Waals surface area (Å²) in [6.07, 6.45) is 0. The van der Waals surface area contributed by atoms with Crippen molar-refractivity contribution in [3.8, 4) is 5.75 Å². The van der Waals surface area contributed by atoms with Gasteiger partial charge in [0, 0.05) is 11.4 Å². The van der Waals surface area contributed by atoms with Gasteiger partial charge >= 0.3 is 0 Å².